The quantitative estimate of drug-likeness (QED) is 0.542. The number of carbonyl (C=O) groups excluding carboxylic acids is 1. The molecular weight excluding hydrogens is 375 g/mol. The van der Waals surface area contributed by atoms with Crippen molar-refractivity contribution >= 4 is 5.91 Å². The number of aromatic nitrogens is 5. The zero-order chi connectivity index (χ0) is 20.2. The van der Waals surface area contributed by atoms with Crippen molar-refractivity contribution in [3.63, 3.8) is 0 Å². The molecule has 8 nitrogen and oxygen atoms in total. The first kappa shape index (κ1) is 18.5. The Morgan fingerprint density at radius 1 is 1.21 bits per heavy atom. The summed E-state index contributed by atoms with van der Waals surface area (Å²) in [6.07, 6.45) is 4.99. The molecule has 0 atom stereocenters. The number of pyridine rings is 1. The van der Waals surface area contributed by atoms with E-state index in [2.05, 4.69) is 25.4 Å². The van der Waals surface area contributed by atoms with E-state index < -0.39 is 0 Å². The monoisotopic (exact) mass is 392 g/mol. The average Bonchev–Trinajstić information content (AvgIpc) is 3.36. The highest BCUT2D eigenvalue weighted by molar-refractivity contribution is 5.76. The van der Waals surface area contributed by atoms with E-state index in [4.69, 9.17) is 4.52 Å². The molecule has 1 N–H and O–H groups in total. The van der Waals surface area contributed by atoms with Crippen LogP contribution in [0.25, 0.3) is 23.0 Å². The second-order valence-electron chi connectivity index (χ2n) is 6.37. The molecule has 146 valence electrons. The van der Waals surface area contributed by atoms with E-state index in [9.17, 15) is 9.18 Å². The molecular formula is C20H17FN6O2. The van der Waals surface area contributed by atoms with E-state index >= 15 is 0 Å². The van der Waals surface area contributed by atoms with Crippen molar-refractivity contribution in [2.75, 3.05) is 0 Å². The van der Waals surface area contributed by atoms with Gasteiger partial charge in [0.1, 0.15) is 23.9 Å². The lowest BCUT2D eigenvalue weighted by molar-refractivity contribution is -0.121. The Hall–Kier alpha value is -3.88. The molecule has 9 heteroatoms. The molecule has 0 bridgehead atoms. The molecule has 0 radical (unpaired) electrons. The molecule has 3 aromatic heterocycles. The van der Waals surface area contributed by atoms with Crippen molar-refractivity contribution in [1.82, 2.24) is 30.0 Å². The van der Waals surface area contributed by atoms with Crippen LogP contribution in [0.1, 0.15) is 11.4 Å². The molecule has 0 spiro atoms. The number of hydrogen-bond acceptors (Lipinski definition) is 6. The molecule has 4 rings (SSSR count). The van der Waals surface area contributed by atoms with Crippen LogP contribution in [0.5, 0.6) is 0 Å². The molecule has 3 heterocycles. The maximum Gasteiger partial charge on any atom is 0.259 e. The van der Waals surface area contributed by atoms with Crippen LogP contribution in [0.4, 0.5) is 4.39 Å². The van der Waals surface area contributed by atoms with Crippen LogP contribution in [0.3, 0.4) is 0 Å². The zero-order valence-electron chi connectivity index (χ0n) is 15.5. The molecule has 29 heavy (non-hydrogen) atoms. The summed E-state index contributed by atoms with van der Waals surface area (Å²) in [5.41, 5.74) is 2.04. The highest BCUT2D eigenvalue weighted by Crippen LogP contribution is 2.21. The first-order valence-electron chi connectivity index (χ1n) is 8.88. The molecule has 1 aromatic carbocycles. The fourth-order valence-electron chi connectivity index (χ4n) is 2.72. The Bertz CT molecular complexity index is 1120. The lowest BCUT2D eigenvalue weighted by Gasteiger charge is -2.07. The Kier molecular flexibility index (Phi) is 5.10. The van der Waals surface area contributed by atoms with Gasteiger partial charge in [0.15, 0.2) is 0 Å². The number of imidazole rings is 1. The van der Waals surface area contributed by atoms with Gasteiger partial charge in [0.05, 0.1) is 5.56 Å². The summed E-state index contributed by atoms with van der Waals surface area (Å²) in [6, 6.07) is 9.58. The average molecular weight is 392 g/mol. The van der Waals surface area contributed by atoms with Crippen LogP contribution in [-0.4, -0.2) is 30.6 Å². The SMILES string of the molecule is Cc1nc(-c2noc(-c3cccnc3)n2)cn1CC(=O)NCc1ccc(F)cc1. The molecule has 0 unspecified atom stereocenters. The van der Waals surface area contributed by atoms with E-state index in [-0.39, 0.29) is 18.3 Å². The van der Waals surface area contributed by atoms with Crippen molar-refractivity contribution in [3.8, 4) is 23.0 Å². The summed E-state index contributed by atoms with van der Waals surface area (Å²) in [5, 5.41) is 6.76. The summed E-state index contributed by atoms with van der Waals surface area (Å²) >= 11 is 0. The van der Waals surface area contributed by atoms with Crippen LogP contribution in [0, 0.1) is 12.7 Å². The van der Waals surface area contributed by atoms with Crippen LogP contribution < -0.4 is 5.32 Å². The lowest BCUT2D eigenvalue weighted by Crippen LogP contribution is -2.27. The first-order valence-corrected chi connectivity index (χ1v) is 8.88. The van der Waals surface area contributed by atoms with Gasteiger partial charge in [0.2, 0.25) is 11.7 Å². The number of nitrogens with zero attached hydrogens (tertiary/aromatic N) is 5. The molecule has 0 saturated heterocycles. The van der Waals surface area contributed by atoms with Gasteiger partial charge in [-0.1, -0.05) is 17.3 Å². The Labute approximate surface area is 165 Å². The third-order valence-corrected chi connectivity index (χ3v) is 4.26. The summed E-state index contributed by atoms with van der Waals surface area (Å²) in [4.78, 5) is 25.0. The Morgan fingerprint density at radius 3 is 2.79 bits per heavy atom. The number of halogens is 1. The topological polar surface area (TPSA) is 98.7 Å². The zero-order valence-corrected chi connectivity index (χ0v) is 15.5. The minimum atomic E-state index is -0.310. The number of hydrogen-bond donors (Lipinski definition) is 1. The highest BCUT2D eigenvalue weighted by Gasteiger charge is 2.15. The van der Waals surface area contributed by atoms with Crippen molar-refractivity contribution in [3.05, 3.63) is 72.2 Å². The van der Waals surface area contributed by atoms with Crippen molar-refractivity contribution in [2.24, 2.45) is 0 Å². The minimum Gasteiger partial charge on any atom is -0.350 e. The van der Waals surface area contributed by atoms with Gasteiger partial charge in [0.25, 0.3) is 5.89 Å². The summed E-state index contributed by atoms with van der Waals surface area (Å²) in [6.45, 7) is 2.20. The van der Waals surface area contributed by atoms with Gasteiger partial charge >= 0.3 is 0 Å². The highest BCUT2D eigenvalue weighted by atomic mass is 19.1. The lowest BCUT2D eigenvalue weighted by atomic mass is 10.2. The van der Waals surface area contributed by atoms with E-state index in [1.807, 2.05) is 6.07 Å². The van der Waals surface area contributed by atoms with Crippen molar-refractivity contribution in [2.45, 2.75) is 20.0 Å². The second-order valence-corrected chi connectivity index (χ2v) is 6.37. The fourth-order valence-corrected chi connectivity index (χ4v) is 2.72. The normalized spacial score (nSPS) is 10.8. The maximum absolute atomic E-state index is 12.9. The number of carbonyl (C=O) groups is 1. The van der Waals surface area contributed by atoms with Gasteiger partial charge in [-0.2, -0.15) is 4.98 Å². The molecule has 0 aliphatic rings. The van der Waals surface area contributed by atoms with Crippen LogP contribution >= 0.6 is 0 Å². The third-order valence-electron chi connectivity index (χ3n) is 4.26. The molecule has 1 amide bonds. The number of aryl methyl sites for hydroxylation is 1. The maximum atomic E-state index is 12.9. The van der Waals surface area contributed by atoms with E-state index in [0.717, 1.165) is 5.56 Å². The smallest absolute Gasteiger partial charge is 0.259 e. The molecule has 0 aliphatic carbocycles. The largest absolute Gasteiger partial charge is 0.350 e. The Morgan fingerprint density at radius 2 is 2.03 bits per heavy atom. The molecule has 4 aromatic rings. The predicted octanol–water partition coefficient (Wildman–Crippen LogP) is 2.76. The summed E-state index contributed by atoms with van der Waals surface area (Å²) in [7, 11) is 0. The van der Waals surface area contributed by atoms with Gasteiger partial charge in [-0.05, 0) is 36.8 Å². The predicted molar refractivity (Wildman–Crippen MR) is 102 cm³/mol. The van der Waals surface area contributed by atoms with Gasteiger partial charge in [0, 0.05) is 25.1 Å². The molecule has 0 fully saturated rings. The summed E-state index contributed by atoms with van der Waals surface area (Å²) < 4.78 is 19.9. The van der Waals surface area contributed by atoms with Crippen LogP contribution in [0.2, 0.25) is 0 Å². The van der Waals surface area contributed by atoms with Gasteiger partial charge in [-0.15, -0.1) is 0 Å². The number of nitrogens with one attached hydrogen (secondary N) is 1. The van der Waals surface area contributed by atoms with Gasteiger partial charge in [-0.25, -0.2) is 9.37 Å². The molecule has 0 aliphatic heterocycles. The van der Waals surface area contributed by atoms with Crippen LogP contribution in [-0.2, 0) is 17.9 Å². The van der Waals surface area contributed by atoms with Crippen molar-refractivity contribution in [1.29, 1.82) is 0 Å². The van der Waals surface area contributed by atoms with Crippen molar-refractivity contribution < 1.29 is 13.7 Å². The number of rotatable bonds is 6. The second kappa shape index (κ2) is 8.01. The standard InChI is InChI=1S/C20H17FN6O2/c1-13-24-17(19-25-20(29-26-19)15-3-2-8-22-10-15)11-27(13)12-18(28)23-9-14-4-6-16(21)7-5-14/h2-8,10-11H,9,12H2,1H3,(H,23,28). The van der Waals surface area contributed by atoms with E-state index in [1.165, 1.54) is 12.1 Å². The molecule has 0 saturated carbocycles. The summed E-state index contributed by atoms with van der Waals surface area (Å²) in [5.74, 6) is 0.819. The Balaban J connectivity index is 1.42. The number of benzene rings is 1. The van der Waals surface area contributed by atoms with Crippen LogP contribution in [0.15, 0.2) is 59.5 Å². The minimum absolute atomic E-state index is 0.0906. The third kappa shape index (κ3) is 4.34. The number of amides is 1. The van der Waals surface area contributed by atoms with Gasteiger partial charge in [-0.3, -0.25) is 9.78 Å². The van der Waals surface area contributed by atoms with E-state index in [0.29, 0.717) is 35.3 Å². The van der Waals surface area contributed by atoms with E-state index in [1.54, 1.807) is 48.3 Å². The fraction of sp³-hybridized carbons (Fsp3) is 0.150. The first-order chi connectivity index (χ1) is 14.1. The van der Waals surface area contributed by atoms with Gasteiger partial charge < -0.3 is 14.4 Å².